The number of Topliss-reactive ketones (excluding diaryl/α,β-unsaturated/α-hetero) is 1. The molecule has 252 valence electrons. The molecule has 2 amide bonds. The van der Waals surface area contributed by atoms with Crippen LogP contribution in [-0.2, 0) is 9.53 Å². The highest BCUT2D eigenvalue weighted by molar-refractivity contribution is 6.04. The number of carbonyl (C=O) groups excluding carboxylic acids is 3. The van der Waals surface area contributed by atoms with Gasteiger partial charge < -0.3 is 36.3 Å². The normalized spacial score (nSPS) is 17.4. The number of H-pyrrole nitrogens is 1. The summed E-state index contributed by atoms with van der Waals surface area (Å²) in [6.45, 7) is 19.2. The van der Waals surface area contributed by atoms with Crippen molar-refractivity contribution in [1.82, 2.24) is 25.6 Å². The molecule has 0 saturated heterocycles. The van der Waals surface area contributed by atoms with Crippen molar-refractivity contribution in [3.05, 3.63) is 23.7 Å². The number of nitrogens with two attached hydrogens (primary N) is 1. The maximum Gasteiger partial charge on any atom is 0.408 e. The number of hydrogen-bond acceptors (Lipinski definition) is 9. The lowest BCUT2D eigenvalue weighted by atomic mass is 9.95. The molecule has 13 heteroatoms. The van der Waals surface area contributed by atoms with Gasteiger partial charge in [0.15, 0.2) is 11.4 Å². The van der Waals surface area contributed by atoms with Crippen LogP contribution in [0.15, 0.2) is 12.4 Å². The number of amides is 2. The summed E-state index contributed by atoms with van der Waals surface area (Å²) in [5.41, 5.74) is 5.93. The van der Waals surface area contributed by atoms with E-state index in [0.29, 0.717) is 35.5 Å². The lowest BCUT2D eigenvalue weighted by molar-refractivity contribution is -0.118. The Hall–Kier alpha value is -2.80. The predicted molar refractivity (Wildman–Crippen MR) is 175 cm³/mol. The van der Waals surface area contributed by atoms with Crippen LogP contribution in [0.2, 0.25) is 0 Å². The first-order valence-electron chi connectivity index (χ1n) is 15.0. The highest BCUT2D eigenvalue weighted by Gasteiger charge is 2.30. The average molecular weight is 643 g/mol. The number of rotatable bonds is 9. The minimum atomic E-state index is -0.938. The second kappa shape index (κ2) is 17.0. The van der Waals surface area contributed by atoms with Crippen molar-refractivity contribution in [1.29, 1.82) is 0 Å². The molecule has 5 atom stereocenters. The number of hydrogen-bond donors (Lipinski definition) is 6. The van der Waals surface area contributed by atoms with E-state index in [1.807, 2.05) is 20.8 Å². The molecule has 1 saturated carbocycles. The molecule has 0 aliphatic heterocycles. The van der Waals surface area contributed by atoms with Crippen molar-refractivity contribution in [2.24, 2.45) is 5.73 Å². The Kier molecular flexibility index (Phi) is 16.0. The number of alkyl carbamates (subject to hydrolysis) is 1. The van der Waals surface area contributed by atoms with Crippen LogP contribution in [0.5, 0.6) is 0 Å². The molecule has 2 aromatic rings. The van der Waals surface area contributed by atoms with E-state index in [1.54, 1.807) is 60.9 Å². The lowest BCUT2D eigenvalue weighted by Crippen LogP contribution is -2.48. The SMILES string of the molecule is CC(=O)[C@@H](C)NC(=O)OC(C)(C)C.CC[C@@](C)(O)[C@@H](C)N.CC[C@@](C)(O)[C@@H](C)NC(=O)c1c[nH]c2ncc(C3CC3)nc12.Cl. The van der Waals surface area contributed by atoms with E-state index in [2.05, 4.69) is 25.6 Å². The van der Waals surface area contributed by atoms with Crippen molar-refractivity contribution in [3.8, 4) is 0 Å². The first kappa shape index (κ1) is 41.2. The second-order valence-electron chi connectivity index (χ2n) is 12.9. The van der Waals surface area contributed by atoms with Crippen LogP contribution in [0.4, 0.5) is 4.79 Å². The van der Waals surface area contributed by atoms with Crippen LogP contribution in [-0.4, -0.2) is 77.9 Å². The molecule has 3 rings (SSSR count). The largest absolute Gasteiger partial charge is 0.444 e. The smallest absolute Gasteiger partial charge is 0.408 e. The molecule has 44 heavy (non-hydrogen) atoms. The third kappa shape index (κ3) is 13.5. The summed E-state index contributed by atoms with van der Waals surface area (Å²) in [6.07, 6.45) is 6.41. The third-order valence-corrected chi connectivity index (χ3v) is 7.68. The zero-order chi connectivity index (χ0) is 33.3. The van der Waals surface area contributed by atoms with Crippen LogP contribution < -0.4 is 16.4 Å². The van der Waals surface area contributed by atoms with Crippen LogP contribution in [0.3, 0.4) is 0 Å². The Balaban J connectivity index is 0.000000719. The van der Waals surface area contributed by atoms with Gasteiger partial charge in [0.2, 0.25) is 0 Å². The number of aromatic amines is 1. The van der Waals surface area contributed by atoms with Gasteiger partial charge in [-0.3, -0.25) is 9.59 Å². The summed E-state index contributed by atoms with van der Waals surface area (Å²) in [5.74, 6) is 0.156. The van der Waals surface area contributed by atoms with Crippen molar-refractivity contribution in [2.45, 2.75) is 143 Å². The van der Waals surface area contributed by atoms with Crippen molar-refractivity contribution in [2.75, 3.05) is 0 Å². The topological polar surface area (TPSA) is 193 Å². The molecule has 0 spiro atoms. The Morgan fingerprint density at radius 3 is 2.00 bits per heavy atom. The first-order chi connectivity index (χ1) is 19.6. The number of aliphatic hydroxyl groups is 2. The van der Waals surface area contributed by atoms with Gasteiger partial charge in [-0.2, -0.15) is 0 Å². The van der Waals surface area contributed by atoms with Crippen LogP contribution >= 0.6 is 12.4 Å². The molecule has 0 radical (unpaired) electrons. The third-order valence-electron chi connectivity index (χ3n) is 7.68. The number of ketones is 1. The van der Waals surface area contributed by atoms with Gasteiger partial charge in [-0.25, -0.2) is 14.8 Å². The van der Waals surface area contributed by atoms with E-state index in [0.717, 1.165) is 18.5 Å². The van der Waals surface area contributed by atoms with Crippen LogP contribution in [0, 0.1) is 0 Å². The van der Waals surface area contributed by atoms with Crippen molar-refractivity contribution in [3.63, 3.8) is 0 Å². The predicted octanol–water partition coefficient (Wildman–Crippen LogP) is 4.52. The van der Waals surface area contributed by atoms with Crippen molar-refractivity contribution >= 4 is 41.4 Å². The summed E-state index contributed by atoms with van der Waals surface area (Å²) in [5, 5.41) is 24.8. The second-order valence-corrected chi connectivity index (χ2v) is 12.9. The van der Waals surface area contributed by atoms with Gasteiger partial charge in [0.25, 0.3) is 5.91 Å². The standard InChI is InChI=1S/C16H22N4O2.C9H17NO3.C6H15NO.ClH/c1-4-16(3,22)9(2)19-15(21)11-7-17-14-13(11)20-12(8-18-14)10-5-6-10;1-6(7(2)11)10-8(12)13-9(3,4)5;1-4-6(3,8)5(2)7;/h7-10,22H,4-6H2,1-3H3,(H,17,18)(H,19,21);6H,1-5H3,(H,10,12);5,8H,4,7H2,1-3H3;1H/t9-,16-;6-;5-,6-;/m111./s1. The fourth-order valence-corrected chi connectivity index (χ4v) is 3.30. The Morgan fingerprint density at radius 1 is 1.05 bits per heavy atom. The maximum atomic E-state index is 12.5. The zero-order valence-electron chi connectivity index (χ0n) is 28.2. The minimum absolute atomic E-state index is 0. The quantitative estimate of drug-likeness (QED) is 0.228. The molecule has 1 aliphatic rings. The molecule has 0 bridgehead atoms. The maximum absolute atomic E-state index is 12.5. The number of nitrogens with one attached hydrogen (secondary N) is 3. The summed E-state index contributed by atoms with van der Waals surface area (Å²) < 4.78 is 4.96. The van der Waals surface area contributed by atoms with Gasteiger partial charge >= 0.3 is 6.09 Å². The van der Waals surface area contributed by atoms with E-state index < -0.39 is 28.9 Å². The molecule has 2 heterocycles. The van der Waals surface area contributed by atoms with Gasteiger partial charge in [0.05, 0.1) is 40.7 Å². The van der Waals surface area contributed by atoms with E-state index in [9.17, 15) is 24.6 Å². The fraction of sp³-hybridized carbons (Fsp3) is 0.710. The lowest BCUT2D eigenvalue weighted by Gasteiger charge is -2.29. The zero-order valence-corrected chi connectivity index (χ0v) is 29.0. The molecular formula is C31H55ClN6O6. The Morgan fingerprint density at radius 2 is 1.59 bits per heavy atom. The number of nitrogens with zero attached hydrogens (tertiary/aromatic N) is 2. The van der Waals surface area contributed by atoms with Gasteiger partial charge in [0, 0.05) is 18.2 Å². The van der Waals surface area contributed by atoms with Gasteiger partial charge in [-0.15, -0.1) is 12.4 Å². The summed E-state index contributed by atoms with van der Waals surface area (Å²) in [7, 11) is 0. The van der Waals surface area contributed by atoms with Crippen molar-refractivity contribution < 1.29 is 29.3 Å². The van der Waals surface area contributed by atoms with Crippen LogP contribution in [0.1, 0.15) is 124 Å². The summed E-state index contributed by atoms with van der Waals surface area (Å²) in [6, 6.07) is -0.975. The number of carbonyl (C=O) groups is 3. The molecule has 12 nitrogen and oxygen atoms in total. The first-order valence-corrected chi connectivity index (χ1v) is 15.0. The summed E-state index contributed by atoms with van der Waals surface area (Å²) >= 11 is 0. The molecule has 0 aromatic carbocycles. The highest BCUT2D eigenvalue weighted by atomic mass is 35.5. The van der Waals surface area contributed by atoms with Crippen LogP contribution in [0.25, 0.3) is 11.2 Å². The number of halogens is 1. The molecule has 0 unspecified atom stereocenters. The highest BCUT2D eigenvalue weighted by Crippen LogP contribution is 2.39. The van der Waals surface area contributed by atoms with Gasteiger partial charge in [0.1, 0.15) is 11.1 Å². The van der Waals surface area contributed by atoms with Gasteiger partial charge in [-0.05, 0) is 88.0 Å². The monoisotopic (exact) mass is 642 g/mol. The Labute approximate surface area is 268 Å². The fourth-order valence-electron chi connectivity index (χ4n) is 3.30. The number of fused-ring (bicyclic) bond motifs is 1. The number of ether oxygens (including phenoxy) is 1. The summed E-state index contributed by atoms with van der Waals surface area (Å²) in [4.78, 5) is 46.3. The van der Waals surface area contributed by atoms with E-state index in [4.69, 9.17) is 10.5 Å². The van der Waals surface area contributed by atoms with E-state index in [-0.39, 0.29) is 36.2 Å². The molecule has 2 aromatic heterocycles. The number of aromatic nitrogens is 3. The molecule has 1 fully saturated rings. The molecule has 7 N–H and O–H groups in total. The molecule has 1 aliphatic carbocycles. The van der Waals surface area contributed by atoms with E-state index in [1.165, 1.54) is 6.92 Å². The van der Waals surface area contributed by atoms with Gasteiger partial charge in [-0.1, -0.05) is 13.8 Å². The minimum Gasteiger partial charge on any atom is -0.444 e. The average Bonchev–Trinajstić information content (AvgIpc) is 3.66. The van der Waals surface area contributed by atoms with E-state index >= 15 is 0 Å². The Bertz CT molecular complexity index is 1220. The molecular weight excluding hydrogens is 588 g/mol.